The van der Waals surface area contributed by atoms with E-state index in [1.807, 2.05) is 43.0 Å². The summed E-state index contributed by atoms with van der Waals surface area (Å²) in [6.07, 6.45) is 0.857. The number of anilines is 1. The first-order chi connectivity index (χ1) is 14.4. The van der Waals surface area contributed by atoms with Gasteiger partial charge in [-0.25, -0.2) is 0 Å². The molecule has 2 aliphatic rings. The van der Waals surface area contributed by atoms with Crippen LogP contribution in [-0.4, -0.2) is 54.7 Å². The van der Waals surface area contributed by atoms with Crippen LogP contribution >= 0.6 is 0 Å². The fourth-order valence-electron chi connectivity index (χ4n) is 4.56. The summed E-state index contributed by atoms with van der Waals surface area (Å²) in [5.41, 5.74) is 3.21. The van der Waals surface area contributed by atoms with Crippen molar-refractivity contribution in [3.8, 4) is 0 Å². The predicted octanol–water partition coefficient (Wildman–Crippen LogP) is 3.03. The van der Waals surface area contributed by atoms with E-state index in [1.165, 1.54) is 0 Å². The Bertz CT molecular complexity index is 973. The van der Waals surface area contributed by atoms with Gasteiger partial charge in [0.15, 0.2) is 0 Å². The number of hydrogen-bond acceptors (Lipinski definition) is 4. The summed E-state index contributed by atoms with van der Waals surface area (Å²) in [5, 5.41) is 12.9. The molecule has 2 amide bonds. The molecule has 2 fully saturated rings. The van der Waals surface area contributed by atoms with Gasteiger partial charge in [-0.3, -0.25) is 9.59 Å². The Labute approximate surface area is 176 Å². The largest absolute Gasteiger partial charge is 0.396 e. The molecule has 2 heterocycles. The van der Waals surface area contributed by atoms with E-state index in [0.717, 1.165) is 17.5 Å². The van der Waals surface area contributed by atoms with Gasteiger partial charge in [0.25, 0.3) is 11.8 Å². The zero-order chi connectivity index (χ0) is 21.3. The molecular formula is C24H28N2O4. The van der Waals surface area contributed by atoms with Crippen LogP contribution in [0.2, 0.25) is 0 Å². The first-order valence-electron chi connectivity index (χ1n) is 10.4. The number of carbonyl (C=O) groups excluding carboxylic acids is 2. The van der Waals surface area contributed by atoms with Crippen molar-refractivity contribution in [3.05, 3.63) is 64.7 Å². The predicted molar refractivity (Wildman–Crippen MR) is 115 cm³/mol. The lowest BCUT2D eigenvalue weighted by Gasteiger charge is -2.36. The van der Waals surface area contributed by atoms with Gasteiger partial charge in [0.1, 0.15) is 0 Å². The molecule has 0 bridgehead atoms. The number of likely N-dealkylation sites (tertiary alicyclic amines) is 1. The van der Waals surface area contributed by atoms with Crippen LogP contribution in [0.25, 0.3) is 0 Å². The lowest BCUT2D eigenvalue weighted by Crippen LogP contribution is -2.43. The highest BCUT2D eigenvalue weighted by Crippen LogP contribution is 2.41. The number of rotatable bonds is 4. The van der Waals surface area contributed by atoms with Crippen molar-refractivity contribution in [3.63, 3.8) is 0 Å². The van der Waals surface area contributed by atoms with Gasteiger partial charge in [-0.1, -0.05) is 24.3 Å². The Hall–Kier alpha value is -2.70. The Morgan fingerprint density at radius 2 is 2.00 bits per heavy atom. The Balaban J connectivity index is 1.54. The zero-order valence-corrected chi connectivity index (χ0v) is 17.5. The standard InChI is InChI=1S/C24H28N2O4/c1-16-5-3-4-6-20(16)22(28)25-21-11-18(8-7-17(21)2)23(29)26-12-19-9-10-30-15-24(19,13-26)14-27/h3-8,11,19,27H,9-10,12-15H2,1-2H3,(H,25,28)/t19-,24+/m0/s1. The number of ether oxygens (including phenoxy) is 1. The van der Waals surface area contributed by atoms with Crippen molar-refractivity contribution in [2.75, 3.05) is 38.2 Å². The number of nitrogens with zero attached hydrogens (tertiary/aromatic N) is 1. The number of amides is 2. The number of aliphatic hydroxyl groups excluding tert-OH is 1. The zero-order valence-electron chi connectivity index (χ0n) is 17.5. The highest BCUT2D eigenvalue weighted by molar-refractivity contribution is 6.06. The molecule has 0 saturated carbocycles. The van der Waals surface area contributed by atoms with Crippen LogP contribution in [-0.2, 0) is 4.74 Å². The van der Waals surface area contributed by atoms with Crippen LogP contribution in [0.3, 0.4) is 0 Å². The van der Waals surface area contributed by atoms with Crippen molar-refractivity contribution in [2.24, 2.45) is 11.3 Å². The van der Waals surface area contributed by atoms with Gasteiger partial charge in [-0.2, -0.15) is 0 Å². The maximum Gasteiger partial charge on any atom is 0.255 e. The van der Waals surface area contributed by atoms with Crippen molar-refractivity contribution in [2.45, 2.75) is 20.3 Å². The molecule has 6 nitrogen and oxygen atoms in total. The third-order valence-corrected chi connectivity index (χ3v) is 6.54. The number of fused-ring (bicyclic) bond motifs is 1. The normalized spacial score (nSPS) is 23.2. The molecule has 4 rings (SSSR count). The van der Waals surface area contributed by atoms with Gasteiger partial charge in [0, 0.05) is 41.9 Å². The lowest BCUT2D eigenvalue weighted by molar-refractivity contribution is -0.0557. The molecule has 0 unspecified atom stereocenters. The highest BCUT2D eigenvalue weighted by Gasteiger charge is 2.49. The van der Waals surface area contributed by atoms with Crippen molar-refractivity contribution < 1.29 is 19.4 Å². The van der Waals surface area contributed by atoms with Crippen LogP contribution < -0.4 is 5.32 Å². The molecule has 0 radical (unpaired) electrons. The first kappa shape index (κ1) is 20.6. The summed E-state index contributed by atoms with van der Waals surface area (Å²) >= 11 is 0. The molecule has 0 spiro atoms. The molecular weight excluding hydrogens is 380 g/mol. The fraction of sp³-hybridized carbons (Fsp3) is 0.417. The molecule has 2 aromatic rings. The Morgan fingerprint density at radius 1 is 1.20 bits per heavy atom. The average Bonchev–Trinajstić information content (AvgIpc) is 3.15. The number of carbonyl (C=O) groups is 2. The lowest BCUT2D eigenvalue weighted by atomic mass is 9.76. The molecule has 0 aliphatic carbocycles. The summed E-state index contributed by atoms with van der Waals surface area (Å²) in [4.78, 5) is 27.8. The van der Waals surface area contributed by atoms with E-state index < -0.39 is 0 Å². The van der Waals surface area contributed by atoms with E-state index in [4.69, 9.17) is 4.74 Å². The Morgan fingerprint density at radius 3 is 2.73 bits per heavy atom. The molecule has 2 N–H and O–H groups in total. The fourth-order valence-corrected chi connectivity index (χ4v) is 4.56. The van der Waals surface area contributed by atoms with Gasteiger partial charge in [-0.05, 0) is 55.5 Å². The van der Waals surface area contributed by atoms with Crippen LogP contribution in [0.5, 0.6) is 0 Å². The summed E-state index contributed by atoms with van der Waals surface area (Å²) in [6.45, 7) is 6.11. The maximum absolute atomic E-state index is 13.2. The minimum absolute atomic E-state index is 0.0209. The molecule has 30 heavy (non-hydrogen) atoms. The topological polar surface area (TPSA) is 78.9 Å². The second-order valence-electron chi connectivity index (χ2n) is 8.54. The van der Waals surface area contributed by atoms with E-state index in [-0.39, 0.29) is 29.8 Å². The summed E-state index contributed by atoms with van der Waals surface area (Å²) < 4.78 is 5.60. The minimum Gasteiger partial charge on any atom is -0.396 e. The number of hydrogen-bond donors (Lipinski definition) is 2. The third-order valence-electron chi connectivity index (χ3n) is 6.54. The van der Waals surface area contributed by atoms with Crippen molar-refractivity contribution >= 4 is 17.5 Å². The van der Waals surface area contributed by atoms with Gasteiger partial charge in [-0.15, -0.1) is 0 Å². The molecule has 2 saturated heterocycles. The van der Waals surface area contributed by atoms with E-state index >= 15 is 0 Å². The van der Waals surface area contributed by atoms with Gasteiger partial charge in [0.2, 0.25) is 0 Å². The van der Waals surface area contributed by atoms with E-state index in [9.17, 15) is 14.7 Å². The van der Waals surface area contributed by atoms with Crippen LogP contribution in [0, 0.1) is 25.2 Å². The van der Waals surface area contributed by atoms with Crippen LogP contribution in [0.4, 0.5) is 5.69 Å². The highest BCUT2D eigenvalue weighted by atomic mass is 16.5. The van der Waals surface area contributed by atoms with E-state index in [2.05, 4.69) is 5.32 Å². The smallest absolute Gasteiger partial charge is 0.255 e. The number of aliphatic hydroxyl groups is 1. The molecule has 2 aromatic carbocycles. The van der Waals surface area contributed by atoms with Crippen LogP contribution in [0.1, 0.15) is 38.3 Å². The van der Waals surface area contributed by atoms with Crippen LogP contribution in [0.15, 0.2) is 42.5 Å². The SMILES string of the molecule is Cc1ccc(C(=O)N2C[C@@H]3CCOC[C@]3(CO)C2)cc1NC(=O)c1ccccc1C. The second kappa shape index (κ2) is 8.20. The third kappa shape index (κ3) is 3.73. The second-order valence-corrected chi connectivity index (χ2v) is 8.54. The number of nitrogens with one attached hydrogen (secondary N) is 1. The molecule has 158 valence electrons. The quantitative estimate of drug-likeness (QED) is 0.815. The Kier molecular flexibility index (Phi) is 5.62. The molecule has 0 aromatic heterocycles. The van der Waals surface area contributed by atoms with E-state index in [0.29, 0.717) is 43.1 Å². The molecule has 2 atom stereocenters. The molecule has 6 heteroatoms. The molecule has 2 aliphatic heterocycles. The summed E-state index contributed by atoms with van der Waals surface area (Å²) in [6, 6.07) is 12.8. The first-order valence-corrected chi connectivity index (χ1v) is 10.4. The number of aryl methyl sites for hydroxylation is 2. The van der Waals surface area contributed by atoms with Gasteiger partial charge in [0.05, 0.1) is 13.2 Å². The van der Waals surface area contributed by atoms with Gasteiger partial charge >= 0.3 is 0 Å². The average molecular weight is 408 g/mol. The van der Waals surface area contributed by atoms with Gasteiger partial charge < -0.3 is 20.1 Å². The summed E-state index contributed by atoms with van der Waals surface area (Å²) in [5.74, 6) is -0.0149. The minimum atomic E-state index is -0.361. The monoisotopic (exact) mass is 408 g/mol. The van der Waals surface area contributed by atoms with Crippen molar-refractivity contribution in [1.82, 2.24) is 4.90 Å². The van der Waals surface area contributed by atoms with E-state index in [1.54, 1.807) is 18.2 Å². The maximum atomic E-state index is 13.2. The number of benzene rings is 2. The van der Waals surface area contributed by atoms with Crippen molar-refractivity contribution in [1.29, 1.82) is 0 Å². The summed E-state index contributed by atoms with van der Waals surface area (Å²) in [7, 11) is 0.